The predicted octanol–water partition coefficient (Wildman–Crippen LogP) is 2.95. The van der Waals surface area contributed by atoms with E-state index in [4.69, 9.17) is 5.73 Å². The number of amides is 1. The molecule has 0 fully saturated rings. The Labute approximate surface area is 167 Å². The lowest BCUT2D eigenvalue weighted by Crippen LogP contribution is -2.39. The SMILES string of the molecule is Cc1cccc(NS(=O)(=O)c2cc(C(=O)N(C)C(C)CN)ccc2C)c1.Cl. The van der Waals surface area contributed by atoms with E-state index in [0.29, 0.717) is 23.4 Å². The lowest BCUT2D eigenvalue weighted by Gasteiger charge is -2.24. The highest BCUT2D eigenvalue weighted by atomic mass is 35.5. The summed E-state index contributed by atoms with van der Waals surface area (Å²) < 4.78 is 28.2. The summed E-state index contributed by atoms with van der Waals surface area (Å²) in [5, 5.41) is 0. The number of anilines is 1. The molecule has 1 atom stereocenters. The highest BCUT2D eigenvalue weighted by molar-refractivity contribution is 7.92. The molecule has 0 heterocycles. The van der Waals surface area contributed by atoms with E-state index < -0.39 is 10.0 Å². The molecule has 2 aromatic carbocycles. The molecule has 27 heavy (non-hydrogen) atoms. The summed E-state index contributed by atoms with van der Waals surface area (Å²) in [7, 11) is -2.16. The lowest BCUT2D eigenvalue weighted by molar-refractivity contribution is 0.0748. The summed E-state index contributed by atoms with van der Waals surface area (Å²) in [5.74, 6) is -0.269. The van der Waals surface area contributed by atoms with Crippen LogP contribution in [0.5, 0.6) is 0 Å². The zero-order valence-corrected chi connectivity index (χ0v) is 17.5. The minimum atomic E-state index is -3.81. The van der Waals surface area contributed by atoms with E-state index in [2.05, 4.69) is 4.72 Å². The molecule has 1 amide bonds. The number of halogens is 1. The van der Waals surface area contributed by atoms with Crippen molar-refractivity contribution in [1.82, 2.24) is 4.90 Å². The molecule has 0 spiro atoms. The van der Waals surface area contributed by atoms with Crippen LogP contribution in [0.1, 0.15) is 28.4 Å². The molecule has 2 aromatic rings. The molecule has 0 bridgehead atoms. The van der Waals surface area contributed by atoms with Crippen LogP contribution in [-0.2, 0) is 10.0 Å². The Hall–Kier alpha value is -2.09. The average molecular weight is 412 g/mol. The molecule has 6 nitrogen and oxygen atoms in total. The molecular weight excluding hydrogens is 386 g/mol. The number of hydrogen-bond donors (Lipinski definition) is 2. The highest BCUT2D eigenvalue weighted by Gasteiger charge is 2.22. The van der Waals surface area contributed by atoms with E-state index in [1.165, 1.54) is 11.0 Å². The fourth-order valence-electron chi connectivity index (χ4n) is 2.50. The Morgan fingerprint density at radius 3 is 2.44 bits per heavy atom. The minimum absolute atomic E-state index is 0. The van der Waals surface area contributed by atoms with Gasteiger partial charge in [0.05, 0.1) is 4.90 Å². The molecule has 1 unspecified atom stereocenters. The quantitative estimate of drug-likeness (QED) is 0.764. The summed E-state index contributed by atoms with van der Waals surface area (Å²) in [6.07, 6.45) is 0. The summed E-state index contributed by atoms with van der Waals surface area (Å²) >= 11 is 0. The monoisotopic (exact) mass is 411 g/mol. The largest absolute Gasteiger partial charge is 0.338 e. The van der Waals surface area contributed by atoms with Gasteiger partial charge in [-0.3, -0.25) is 9.52 Å². The summed E-state index contributed by atoms with van der Waals surface area (Å²) in [6.45, 7) is 5.75. The van der Waals surface area contributed by atoms with E-state index in [9.17, 15) is 13.2 Å². The van der Waals surface area contributed by atoms with Crippen molar-refractivity contribution < 1.29 is 13.2 Å². The van der Waals surface area contributed by atoms with Gasteiger partial charge in [-0.25, -0.2) is 8.42 Å². The summed E-state index contributed by atoms with van der Waals surface area (Å²) in [5.41, 5.74) is 7.91. The summed E-state index contributed by atoms with van der Waals surface area (Å²) in [4.78, 5) is 14.2. The fraction of sp³-hybridized carbons (Fsp3) is 0.316. The van der Waals surface area contributed by atoms with Crippen LogP contribution in [0, 0.1) is 13.8 Å². The van der Waals surface area contributed by atoms with Crippen LogP contribution < -0.4 is 10.5 Å². The first-order chi connectivity index (χ1) is 12.2. The molecule has 0 aliphatic carbocycles. The van der Waals surface area contributed by atoms with Gasteiger partial charge in [-0.15, -0.1) is 12.4 Å². The average Bonchev–Trinajstić information content (AvgIpc) is 2.59. The fourth-order valence-corrected chi connectivity index (χ4v) is 3.82. The molecule has 148 valence electrons. The Balaban J connectivity index is 0.00000364. The zero-order chi connectivity index (χ0) is 19.5. The van der Waals surface area contributed by atoms with Crippen LogP contribution >= 0.6 is 12.4 Å². The number of carbonyl (C=O) groups is 1. The number of benzene rings is 2. The van der Waals surface area contributed by atoms with Gasteiger partial charge in [0.15, 0.2) is 0 Å². The van der Waals surface area contributed by atoms with E-state index in [-0.39, 0.29) is 29.3 Å². The molecule has 0 saturated heterocycles. The third-order valence-corrected chi connectivity index (χ3v) is 5.84. The van der Waals surface area contributed by atoms with E-state index in [0.717, 1.165) is 5.56 Å². The smallest absolute Gasteiger partial charge is 0.262 e. The molecular formula is C19H26ClN3O3S. The molecule has 0 aliphatic rings. The zero-order valence-electron chi connectivity index (χ0n) is 15.9. The second-order valence-electron chi connectivity index (χ2n) is 6.46. The summed E-state index contributed by atoms with van der Waals surface area (Å²) in [6, 6.07) is 11.6. The van der Waals surface area contributed by atoms with Gasteiger partial charge in [0, 0.05) is 30.9 Å². The number of sulfonamides is 1. The maximum absolute atomic E-state index is 12.8. The van der Waals surface area contributed by atoms with Crippen molar-refractivity contribution >= 4 is 34.0 Å². The maximum Gasteiger partial charge on any atom is 0.262 e. The Kier molecular flexibility index (Phi) is 7.83. The Morgan fingerprint density at radius 2 is 1.85 bits per heavy atom. The van der Waals surface area contributed by atoms with Crippen LogP contribution in [-0.4, -0.2) is 38.9 Å². The molecule has 0 saturated carbocycles. The number of aryl methyl sites for hydroxylation is 2. The van der Waals surface area contributed by atoms with E-state index in [1.54, 1.807) is 44.3 Å². The molecule has 0 aliphatic heterocycles. The first kappa shape index (κ1) is 23.0. The van der Waals surface area contributed by atoms with E-state index in [1.807, 2.05) is 19.9 Å². The van der Waals surface area contributed by atoms with Crippen LogP contribution in [0.15, 0.2) is 47.4 Å². The molecule has 8 heteroatoms. The first-order valence-electron chi connectivity index (χ1n) is 8.33. The maximum atomic E-state index is 12.8. The van der Waals surface area contributed by atoms with Gasteiger partial charge in [0.25, 0.3) is 15.9 Å². The normalized spacial score (nSPS) is 12.0. The molecule has 0 radical (unpaired) electrons. The second kappa shape index (κ2) is 9.21. The van der Waals surface area contributed by atoms with Crippen molar-refractivity contribution in [1.29, 1.82) is 0 Å². The van der Waals surface area contributed by atoms with Crippen molar-refractivity contribution in [3.05, 3.63) is 59.2 Å². The molecule has 0 aromatic heterocycles. The van der Waals surface area contributed by atoms with Crippen LogP contribution in [0.2, 0.25) is 0 Å². The van der Waals surface area contributed by atoms with Crippen molar-refractivity contribution in [3.63, 3.8) is 0 Å². The van der Waals surface area contributed by atoms with Gasteiger partial charge >= 0.3 is 0 Å². The van der Waals surface area contributed by atoms with Crippen molar-refractivity contribution in [2.45, 2.75) is 31.7 Å². The van der Waals surface area contributed by atoms with Crippen LogP contribution in [0.3, 0.4) is 0 Å². The predicted molar refractivity (Wildman–Crippen MR) is 111 cm³/mol. The number of likely N-dealkylation sites (N-methyl/N-ethyl adjacent to an activating group) is 1. The third-order valence-electron chi connectivity index (χ3n) is 4.32. The van der Waals surface area contributed by atoms with Crippen LogP contribution in [0.4, 0.5) is 5.69 Å². The van der Waals surface area contributed by atoms with Gasteiger partial charge in [-0.1, -0.05) is 18.2 Å². The molecule has 2 rings (SSSR count). The number of carbonyl (C=O) groups excluding carboxylic acids is 1. The number of nitrogens with zero attached hydrogens (tertiary/aromatic N) is 1. The second-order valence-corrected chi connectivity index (χ2v) is 8.11. The number of rotatable bonds is 6. The minimum Gasteiger partial charge on any atom is -0.338 e. The van der Waals surface area contributed by atoms with Crippen molar-refractivity contribution in [3.8, 4) is 0 Å². The van der Waals surface area contributed by atoms with Crippen LogP contribution in [0.25, 0.3) is 0 Å². The Morgan fingerprint density at radius 1 is 1.19 bits per heavy atom. The van der Waals surface area contributed by atoms with Crippen molar-refractivity contribution in [2.24, 2.45) is 5.73 Å². The lowest BCUT2D eigenvalue weighted by atomic mass is 10.1. The number of nitrogens with one attached hydrogen (secondary N) is 1. The number of nitrogens with two attached hydrogens (primary N) is 1. The third kappa shape index (κ3) is 5.45. The van der Waals surface area contributed by atoms with Gasteiger partial charge in [-0.2, -0.15) is 0 Å². The van der Waals surface area contributed by atoms with Crippen molar-refractivity contribution in [2.75, 3.05) is 18.3 Å². The van der Waals surface area contributed by atoms with Gasteiger partial charge in [-0.05, 0) is 56.2 Å². The molecule has 3 N–H and O–H groups in total. The van der Waals surface area contributed by atoms with E-state index >= 15 is 0 Å². The topological polar surface area (TPSA) is 92.5 Å². The highest BCUT2D eigenvalue weighted by Crippen LogP contribution is 2.22. The van der Waals surface area contributed by atoms with Gasteiger partial charge < -0.3 is 10.6 Å². The number of hydrogen-bond acceptors (Lipinski definition) is 4. The standard InChI is InChI=1S/C19H25N3O3S.ClH/c1-13-6-5-7-17(10-13)21-26(24,25)18-11-16(9-8-14(18)2)19(23)22(4)15(3)12-20;/h5-11,15,21H,12,20H2,1-4H3;1H. The Bertz CT molecular complexity index is 916. The van der Waals surface area contributed by atoms with Gasteiger partial charge in [0.1, 0.15) is 0 Å². The van der Waals surface area contributed by atoms with Gasteiger partial charge in [0.2, 0.25) is 0 Å². The first-order valence-corrected chi connectivity index (χ1v) is 9.81.